The molecule has 1 aromatic carbocycles. The summed E-state index contributed by atoms with van der Waals surface area (Å²) in [6.07, 6.45) is 0.861. The fourth-order valence-electron chi connectivity index (χ4n) is 1.91. The molecule has 0 saturated carbocycles. The highest BCUT2D eigenvalue weighted by Crippen LogP contribution is 2.21. The number of para-hydroxylation sites is 1. The lowest BCUT2D eigenvalue weighted by molar-refractivity contribution is 0.102. The SMILES string of the molecule is CCc1cccc(C)c1NC(=O)c1cccc(Cl)n1. The monoisotopic (exact) mass is 274 g/mol. The molecule has 2 aromatic rings. The van der Waals surface area contributed by atoms with Crippen LogP contribution in [0.3, 0.4) is 0 Å². The van der Waals surface area contributed by atoms with Crippen LogP contribution in [0.25, 0.3) is 0 Å². The highest BCUT2D eigenvalue weighted by molar-refractivity contribution is 6.29. The second-order valence-corrected chi connectivity index (χ2v) is 4.65. The van der Waals surface area contributed by atoms with Crippen molar-refractivity contribution in [3.8, 4) is 0 Å². The van der Waals surface area contributed by atoms with Crippen LogP contribution in [0, 0.1) is 6.92 Å². The number of carbonyl (C=O) groups is 1. The van der Waals surface area contributed by atoms with Crippen LogP contribution in [0.15, 0.2) is 36.4 Å². The number of aryl methyl sites for hydroxylation is 2. The van der Waals surface area contributed by atoms with E-state index in [1.165, 1.54) is 0 Å². The first kappa shape index (κ1) is 13.6. The first-order chi connectivity index (χ1) is 9.11. The van der Waals surface area contributed by atoms with E-state index in [4.69, 9.17) is 11.6 Å². The number of halogens is 1. The van der Waals surface area contributed by atoms with E-state index in [1.807, 2.05) is 25.1 Å². The molecule has 3 nitrogen and oxygen atoms in total. The fourth-order valence-corrected chi connectivity index (χ4v) is 2.08. The van der Waals surface area contributed by atoms with Gasteiger partial charge in [0.2, 0.25) is 0 Å². The second kappa shape index (κ2) is 5.85. The maximum Gasteiger partial charge on any atom is 0.274 e. The van der Waals surface area contributed by atoms with Crippen molar-refractivity contribution in [1.82, 2.24) is 4.98 Å². The van der Waals surface area contributed by atoms with E-state index in [9.17, 15) is 4.79 Å². The maximum absolute atomic E-state index is 12.2. The number of hydrogen-bond donors (Lipinski definition) is 1. The molecule has 0 spiro atoms. The van der Waals surface area contributed by atoms with Gasteiger partial charge in [-0.05, 0) is 36.6 Å². The minimum atomic E-state index is -0.244. The number of anilines is 1. The number of pyridine rings is 1. The molecule has 0 atom stereocenters. The number of rotatable bonds is 3. The highest BCUT2D eigenvalue weighted by Gasteiger charge is 2.11. The van der Waals surface area contributed by atoms with Crippen LogP contribution in [-0.4, -0.2) is 10.9 Å². The largest absolute Gasteiger partial charge is 0.320 e. The lowest BCUT2D eigenvalue weighted by atomic mass is 10.1. The first-order valence-corrected chi connectivity index (χ1v) is 6.52. The topological polar surface area (TPSA) is 42.0 Å². The average molecular weight is 275 g/mol. The minimum Gasteiger partial charge on any atom is -0.320 e. The number of amides is 1. The number of nitrogens with one attached hydrogen (secondary N) is 1. The zero-order chi connectivity index (χ0) is 13.8. The van der Waals surface area contributed by atoms with E-state index in [0.717, 1.165) is 23.2 Å². The van der Waals surface area contributed by atoms with Gasteiger partial charge in [-0.1, -0.05) is 42.8 Å². The third-order valence-electron chi connectivity index (χ3n) is 2.93. The minimum absolute atomic E-state index is 0.244. The van der Waals surface area contributed by atoms with Gasteiger partial charge >= 0.3 is 0 Å². The quantitative estimate of drug-likeness (QED) is 0.864. The van der Waals surface area contributed by atoms with Crippen molar-refractivity contribution in [2.24, 2.45) is 0 Å². The van der Waals surface area contributed by atoms with Crippen LogP contribution in [0.2, 0.25) is 5.15 Å². The molecule has 0 saturated heterocycles. The molecule has 0 radical (unpaired) electrons. The molecule has 98 valence electrons. The van der Waals surface area contributed by atoms with Gasteiger partial charge in [-0.15, -0.1) is 0 Å². The fraction of sp³-hybridized carbons (Fsp3) is 0.200. The summed E-state index contributed by atoms with van der Waals surface area (Å²) in [6, 6.07) is 11.0. The number of benzene rings is 1. The van der Waals surface area contributed by atoms with Crippen LogP contribution < -0.4 is 5.32 Å². The Morgan fingerprint density at radius 1 is 1.26 bits per heavy atom. The molecular formula is C15H15ClN2O. The van der Waals surface area contributed by atoms with Crippen molar-refractivity contribution >= 4 is 23.2 Å². The molecular weight excluding hydrogens is 260 g/mol. The van der Waals surface area contributed by atoms with E-state index < -0.39 is 0 Å². The Morgan fingerprint density at radius 2 is 2.00 bits per heavy atom. The third-order valence-corrected chi connectivity index (χ3v) is 3.14. The Kier molecular flexibility index (Phi) is 4.17. The van der Waals surface area contributed by atoms with E-state index >= 15 is 0 Å². The van der Waals surface area contributed by atoms with E-state index in [2.05, 4.69) is 17.2 Å². The summed E-state index contributed by atoms with van der Waals surface area (Å²) in [4.78, 5) is 16.2. The summed E-state index contributed by atoms with van der Waals surface area (Å²) in [5.41, 5.74) is 3.32. The Morgan fingerprint density at radius 3 is 2.68 bits per heavy atom. The van der Waals surface area contributed by atoms with E-state index in [0.29, 0.717) is 10.8 Å². The summed E-state index contributed by atoms with van der Waals surface area (Å²) in [5, 5.41) is 3.23. The zero-order valence-corrected chi connectivity index (χ0v) is 11.7. The Balaban J connectivity index is 2.29. The molecule has 0 aliphatic carbocycles. The summed E-state index contributed by atoms with van der Waals surface area (Å²) in [7, 11) is 0. The van der Waals surface area contributed by atoms with Crippen LogP contribution in [0.5, 0.6) is 0 Å². The summed E-state index contributed by atoms with van der Waals surface area (Å²) < 4.78 is 0. The van der Waals surface area contributed by atoms with E-state index in [-0.39, 0.29) is 5.91 Å². The van der Waals surface area contributed by atoms with Crippen molar-refractivity contribution in [3.05, 3.63) is 58.4 Å². The molecule has 0 aliphatic heterocycles. The Labute approximate surface area is 117 Å². The van der Waals surface area contributed by atoms with Crippen molar-refractivity contribution in [2.45, 2.75) is 20.3 Å². The molecule has 0 fully saturated rings. The molecule has 4 heteroatoms. The van der Waals surface area contributed by atoms with Gasteiger partial charge in [-0.25, -0.2) is 4.98 Å². The van der Waals surface area contributed by atoms with Gasteiger partial charge in [0.1, 0.15) is 10.8 Å². The molecule has 1 N–H and O–H groups in total. The van der Waals surface area contributed by atoms with Crippen LogP contribution >= 0.6 is 11.6 Å². The summed E-state index contributed by atoms with van der Waals surface area (Å²) in [6.45, 7) is 4.03. The number of hydrogen-bond acceptors (Lipinski definition) is 2. The first-order valence-electron chi connectivity index (χ1n) is 6.14. The third kappa shape index (κ3) is 3.12. The van der Waals surface area contributed by atoms with Crippen LogP contribution in [0.1, 0.15) is 28.5 Å². The number of carbonyl (C=O) groups excluding carboxylic acids is 1. The number of aromatic nitrogens is 1. The summed E-state index contributed by atoms with van der Waals surface area (Å²) in [5.74, 6) is -0.244. The lowest BCUT2D eigenvalue weighted by Crippen LogP contribution is -2.15. The Hall–Kier alpha value is -1.87. The molecule has 0 aliphatic rings. The molecule has 2 rings (SSSR count). The van der Waals surface area contributed by atoms with Crippen molar-refractivity contribution in [1.29, 1.82) is 0 Å². The highest BCUT2D eigenvalue weighted by atomic mass is 35.5. The maximum atomic E-state index is 12.2. The van der Waals surface area contributed by atoms with Crippen LogP contribution in [0.4, 0.5) is 5.69 Å². The van der Waals surface area contributed by atoms with Crippen molar-refractivity contribution in [3.63, 3.8) is 0 Å². The normalized spacial score (nSPS) is 10.3. The molecule has 1 heterocycles. The van der Waals surface area contributed by atoms with Gasteiger partial charge in [0.25, 0.3) is 5.91 Å². The van der Waals surface area contributed by atoms with Gasteiger partial charge in [-0.2, -0.15) is 0 Å². The molecule has 0 bridgehead atoms. The summed E-state index contributed by atoms with van der Waals surface area (Å²) >= 11 is 5.79. The molecule has 1 amide bonds. The lowest BCUT2D eigenvalue weighted by Gasteiger charge is -2.12. The predicted molar refractivity (Wildman–Crippen MR) is 77.8 cm³/mol. The van der Waals surface area contributed by atoms with Gasteiger partial charge in [0.15, 0.2) is 0 Å². The van der Waals surface area contributed by atoms with Gasteiger partial charge in [0, 0.05) is 5.69 Å². The molecule has 0 unspecified atom stereocenters. The van der Waals surface area contributed by atoms with Crippen molar-refractivity contribution < 1.29 is 4.79 Å². The smallest absolute Gasteiger partial charge is 0.274 e. The van der Waals surface area contributed by atoms with Crippen LogP contribution in [-0.2, 0) is 6.42 Å². The zero-order valence-electron chi connectivity index (χ0n) is 10.9. The average Bonchev–Trinajstić information content (AvgIpc) is 2.41. The standard InChI is InChI=1S/C15H15ClN2O/c1-3-11-7-4-6-10(2)14(11)18-15(19)12-8-5-9-13(16)17-12/h4-9H,3H2,1-2H3,(H,18,19). The molecule has 19 heavy (non-hydrogen) atoms. The van der Waals surface area contributed by atoms with E-state index in [1.54, 1.807) is 18.2 Å². The second-order valence-electron chi connectivity index (χ2n) is 4.26. The van der Waals surface area contributed by atoms with Crippen molar-refractivity contribution in [2.75, 3.05) is 5.32 Å². The predicted octanol–water partition coefficient (Wildman–Crippen LogP) is 3.86. The number of nitrogens with zero attached hydrogens (tertiary/aromatic N) is 1. The van der Waals surface area contributed by atoms with Gasteiger partial charge < -0.3 is 5.32 Å². The molecule has 1 aromatic heterocycles. The van der Waals surface area contributed by atoms with Gasteiger partial charge in [0.05, 0.1) is 0 Å². The Bertz CT molecular complexity index is 611. The van der Waals surface area contributed by atoms with Gasteiger partial charge in [-0.3, -0.25) is 4.79 Å².